The van der Waals surface area contributed by atoms with E-state index in [9.17, 15) is 43.7 Å². The first-order valence-electron chi connectivity index (χ1n) is 16.9. The standard InChI is InChI=1S/C35H46N2O13S3.2Na/c1-34(16-20-49-3)27-23-25(52(43,44)45)12-14-29(27)36(18-7-5-6-11-33(38)39)31(34)9-8-10-32-35(2,17-22-51(40,41)42)28-24-26(53(46,47)48)13-15-30(28)37(32)19-21-50-4;;/h8-10,12-15,23-24H,5-7,11,16-22H2,1-4H3,(H3-,38,39,40,41,42,43,44,45,46,47,48);;/q;2*+1. The molecule has 0 fully saturated rings. The molecule has 2 aromatic carbocycles. The smallest absolute Gasteiger partial charge is 0.744 e. The molecule has 2 heterocycles. The molecule has 0 bridgehead atoms. The number of aliphatic carboxylic acids is 1. The van der Waals surface area contributed by atoms with Gasteiger partial charge in [0.15, 0.2) is 5.71 Å². The van der Waals surface area contributed by atoms with Crippen molar-refractivity contribution in [1.29, 1.82) is 0 Å². The number of carbonyl (C=O) groups is 1. The van der Waals surface area contributed by atoms with E-state index in [2.05, 4.69) is 0 Å². The van der Waals surface area contributed by atoms with Crippen LogP contribution in [0.3, 0.4) is 0 Å². The summed E-state index contributed by atoms with van der Waals surface area (Å²) < 4.78 is 117. The first kappa shape index (κ1) is 49.7. The van der Waals surface area contributed by atoms with E-state index >= 15 is 0 Å². The van der Waals surface area contributed by atoms with Crippen LogP contribution >= 0.6 is 0 Å². The van der Waals surface area contributed by atoms with Crippen LogP contribution in [-0.4, -0.2) is 107 Å². The average molecular weight is 845 g/mol. The number of methoxy groups -OCH3 is 2. The second-order valence-electron chi connectivity index (χ2n) is 13.5. The molecule has 0 radical (unpaired) electrons. The van der Waals surface area contributed by atoms with Gasteiger partial charge < -0.3 is 24.0 Å². The molecule has 2 aromatic rings. The number of anilines is 1. The molecule has 292 valence electrons. The van der Waals surface area contributed by atoms with E-state index in [1.807, 2.05) is 22.5 Å². The minimum Gasteiger partial charge on any atom is -0.744 e. The molecule has 0 aliphatic carbocycles. The van der Waals surface area contributed by atoms with E-state index in [0.29, 0.717) is 60.4 Å². The Hall–Kier alpha value is -1.49. The van der Waals surface area contributed by atoms with Crippen molar-refractivity contribution in [2.24, 2.45) is 0 Å². The summed E-state index contributed by atoms with van der Waals surface area (Å²) in [7, 11) is -10.8. The Kier molecular flexibility index (Phi) is 18.0. The zero-order valence-corrected chi connectivity index (χ0v) is 38.5. The Morgan fingerprint density at radius 1 is 0.873 bits per heavy atom. The Balaban J connectivity index is 0.00000523. The molecule has 0 spiro atoms. The minimum absolute atomic E-state index is 0. The molecule has 0 amide bonds. The average Bonchev–Trinajstić information content (AvgIpc) is 3.44. The number of fused-ring (bicyclic) bond motifs is 2. The van der Waals surface area contributed by atoms with Crippen molar-refractivity contribution in [2.45, 2.75) is 73.0 Å². The van der Waals surface area contributed by atoms with E-state index in [4.69, 9.17) is 14.6 Å². The Labute approximate surface area is 367 Å². The van der Waals surface area contributed by atoms with Crippen molar-refractivity contribution in [3.8, 4) is 0 Å². The predicted molar refractivity (Wildman–Crippen MR) is 195 cm³/mol. The number of allylic oxidation sites excluding steroid dienone is 4. The predicted octanol–water partition coefficient (Wildman–Crippen LogP) is -1.97. The molecule has 2 aliphatic rings. The van der Waals surface area contributed by atoms with E-state index < -0.39 is 52.9 Å². The van der Waals surface area contributed by atoms with E-state index in [0.717, 1.165) is 5.71 Å². The first-order chi connectivity index (χ1) is 24.7. The van der Waals surface area contributed by atoms with Gasteiger partial charge in [-0.05, 0) is 81.5 Å². The van der Waals surface area contributed by atoms with Gasteiger partial charge >= 0.3 is 65.1 Å². The van der Waals surface area contributed by atoms with Crippen molar-refractivity contribution in [1.82, 2.24) is 0 Å². The molecule has 0 saturated carbocycles. The molecule has 15 nitrogen and oxygen atoms in total. The number of carboxylic acids is 1. The molecule has 3 N–H and O–H groups in total. The molecule has 0 saturated heterocycles. The summed E-state index contributed by atoms with van der Waals surface area (Å²) >= 11 is 0. The summed E-state index contributed by atoms with van der Waals surface area (Å²) in [5.74, 6) is -1.55. The number of nitrogens with zero attached hydrogens (tertiary/aromatic N) is 2. The van der Waals surface area contributed by atoms with Gasteiger partial charge in [-0.3, -0.25) is 13.9 Å². The molecular formula is C35H46N2Na2O13S3+2. The van der Waals surface area contributed by atoms with Gasteiger partial charge in [-0.2, -0.15) is 21.4 Å². The van der Waals surface area contributed by atoms with Gasteiger partial charge in [0.2, 0.25) is 5.69 Å². The summed E-state index contributed by atoms with van der Waals surface area (Å²) in [6, 6.07) is 8.27. The van der Waals surface area contributed by atoms with Gasteiger partial charge in [0, 0.05) is 74.7 Å². The van der Waals surface area contributed by atoms with Crippen LogP contribution in [-0.2, 0) is 55.5 Å². The van der Waals surface area contributed by atoms with Crippen LogP contribution < -0.4 is 64.0 Å². The van der Waals surface area contributed by atoms with E-state index in [-0.39, 0.29) is 102 Å². The van der Waals surface area contributed by atoms with Gasteiger partial charge in [-0.1, -0.05) is 6.08 Å². The minimum atomic E-state index is -4.79. The summed E-state index contributed by atoms with van der Waals surface area (Å²) in [6.45, 7) is 4.85. The molecule has 2 atom stereocenters. The first-order valence-corrected chi connectivity index (χ1v) is 21.3. The van der Waals surface area contributed by atoms with E-state index in [1.54, 1.807) is 25.1 Å². The number of ether oxygens (including phenoxy) is 2. The number of rotatable bonds is 19. The number of benzene rings is 2. The largest absolute Gasteiger partial charge is 1.00 e. The van der Waals surface area contributed by atoms with Crippen molar-refractivity contribution in [2.75, 3.05) is 51.2 Å². The maximum atomic E-state index is 12.2. The van der Waals surface area contributed by atoms with E-state index in [1.165, 1.54) is 44.6 Å². The van der Waals surface area contributed by atoms with Crippen molar-refractivity contribution < 1.29 is 122 Å². The van der Waals surface area contributed by atoms with Crippen LogP contribution in [0.1, 0.15) is 63.5 Å². The van der Waals surface area contributed by atoms with Gasteiger partial charge in [-0.25, -0.2) is 8.42 Å². The number of hydrogen-bond donors (Lipinski definition) is 3. The Morgan fingerprint density at radius 3 is 2.09 bits per heavy atom. The molecular weight excluding hydrogens is 799 g/mol. The van der Waals surface area contributed by atoms with Crippen LogP contribution in [0.5, 0.6) is 0 Å². The second-order valence-corrected chi connectivity index (χ2v) is 17.9. The number of unbranched alkanes of at least 4 members (excludes halogenated alkanes) is 2. The quantitative estimate of drug-likeness (QED) is 0.0604. The molecule has 2 unspecified atom stereocenters. The SMILES string of the molecule is COCCN1C(=CC=CC2=[N+](CCCCCC(=O)O)c3ccc(S(=O)(=O)[O-])cc3C2(C)CCOC)C(C)(CCS(=O)(=O)O)c2cc(S(=O)(=O)O)ccc21.[Na+].[Na+]. The molecule has 20 heteroatoms. The zero-order valence-electron chi connectivity index (χ0n) is 32.0. The van der Waals surface area contributed by atoms with Crippen LogP contribution in [0.15, 0.2) is 70.1 Å². The van der Waals surface area contributed by atoms with Gasteiger partial charge in [0.05, 0.1) is 27.6 Å². The third kappa shape index (κ3) is 11.8. The Morgan fingerprint density at radius 2 is 1.51 bits per heavy atom. The third-order valence-electron chi connectivity index (χ3n) is 9.97. The van der Waals surface area contributed by atoms with Crippen molar-refractivity contribution in [3.63, 3.8) is 0 Å². The maximum absolute atomic E-state index is 12.2. The molecule has 0 aromatic heterocycles. The Bertz CT molecular complexity index is 2160. The number of hydrogen-bond acceptors (Lipinski definition) is 11. The molecule has 2 aliphatic heterocycles. The van der Waals surface area contributed by atoms with Crippen LogP contribution in [0, 0.1) is 0 Å². The monoisotopic (exact) mass is 844 g/mol. The maximum Gasteiger partial charge on any atom is 1.00 e. The summed E-state index contributed by atoms with van der Waals surface area (Å²) in [5.41, 5.74) is 1.45. The van der Waals surface area contributed by atoms with Gasteiger partial charge in [-0.15, -0.1) is 0 Å². The fourth-order valence-electron chi connectivity index (χ4n) is 7.16. The van der Waals surface area contributed by atoms with Gasteiger partial charge in [0.1, 0.15) is 16.7 Å². The fourth-order valence-corrected chi connectivity index (χ4v) is 8.83. The summed E-state index contributed by atoms with van der Waals surface area (Å²) in [6.07, 6.45) is 7.23. The topological polar surface area (TPSA) is 228 Å². The van der Waals surface area contributed by atoms with Gasteiger partial charge in [0.25, 0.3) is 20.2 Å². The van der Waals surface area contributed by atoms with Crippen LogP contribution in [0.25, 0.3) is 0 Å². The summed E-state index contributed by atoms with van der Waals surface area (Å²) in [5, 5.41) is 9.10. The zero-order chi connectivity index (χ0) is 39.4. The molecule has 4 rings (SSSR count). The normalized spacial score (nSPS) is 20.4. The number of carboxylic acid groups (broad SMARTS) is 1. The van der Waals surface area contributed by atoms with Crippen molar-refractivity contribution in [3.05, 3.63) is 71.5 Å². The third-order valence-corrected chi connectivity index (χ3v) is 12.4. The summed E-state index contributed by atoms with van der Waals surface area (Å²) in [4.78, 5) is 12.2. The van der Waals surface area contributed by atoms with Crippen LogP contribution in [0.2, 0.25) is 0 Å². The van der Waals surface area contributed by atoms with Crippen molar-refractivity contribution >= 4 is 53.4 Å². The molecule has 55 heavy (non-hydrogen) atoms. The van der Waals surface area contributed by atoms with Crippen LogP contribution in [0.4, 0.5) is 11.4 Å². The second kappa shape index (κ2) is 20.0. The fraction of sp³-hybridized carbons (Fsp3) is 0.486.